The molecule has 0 aromatic heterocycles. The highest BCUT2D eigenvalue weighted by atomic mass is 32.2. The number of nitrogens with one attached hydrogen (secondary N) is 2. The molecule has 0 atom stereocenters. The first kappa shape index (κ1) is 16.7. The van der Waals surface area contributed by atoms with E-state index in [0.717, 1.165) is 0 Å². The summed E-state index contributed by atoms with van der Waals surface area (Å²) in [5.41, 5.74) is 6.48. The van der Waals surface area contributed by atoms with Crippen molar-refractivity contribution in [2.45, 2.75) is 11.3 Å². The summed E-state index contributed by atoms with van der Waals surface area (Å²) in [5, 5.41) is 3.00. The van der Waals surface area contributed by atoms with E-state index in [2.05, 4.69) is 10.0 Å². The third-order valence-electron chi connectivity index (χ3n) is 2.59. The zero-order chi connectivity index (χ0) is 15.4. The molecule has 0 spiro atoms. The van der Waals surface area contributed by atoms with E-state index in [4.69, 9.17) is 5.73 Å². The van der Waals surface area contributed by atoms with Gasteiger partial charge in [-0.2, -0.15) is 0 Å². The average molecular weight is 321 g/mol. The summed E-state index contributed by atoms with van der Waals surface area (Å²) in [7, 11) is -5.23. The van der Waals surface area contributed by atoms with Crippen LogP contribution in [0.2, 0.25) is 0 Å². The van der Waals surface area contributed by atoms with Crippen molar-refractivity contribution in [3.63, 3.8) is 0 Å². The van der Waals surface area contributed by atoms with Crippen molar-refractivity contribution in [1.82, 2.24) is 4.72 Å². The molecule has 4 N–H and O–H groups in total. The van der Waals surface area contributed by atoms with E-state index >= 15 is 0 Å². The van der Waals surface area contributed by atoms with Gasteiger partial charge in [-0.3, -0.25) is 0 Å². The van der Waals surface area contributed by atoms with Crippen LogP contribution < -0.4 is 15.8 Å². The zero-order valence-corrected chi connectivity index (χ0v) is 13.0. The van der Waals surface area contributed by atoms with Crippen LogP contribution in [0.4, 0.5) is 11.4 Å². The van der Waals surface area contributed by atoms with Crippen LogP contribution in [0.1, 0.15) is 6.42 Å². The third-order valence-corrected chi connectivity index (χ3v) is 5.11. The SMILES string of the molecule is CNS(=O)(=O)c1ccc(NCCCS(C)(=O)=O)cc1N. The van der Waals surface area contributed by atoms with E-state index in [1.807, 2.05) is 0 Å². The fraction of sp³-hybridized carbons (Fsp3) is 0.455. The van der Waals surface area contributed by atoms with Gasteiger partial charge < -0.3 is 11.1 Å². The van der Waals surface area contributed by atoms with Gasteiger partial charge in [0, 0.05) is 18.5 Å². The lowest BCUT2D eigenvalue weighted by Gasteiger charge is -2.10. The van der Waals surface area contributed by atoms with Gasteiger partial charge in [0.25, 0.3) is 0 Å². The first-order chi connectivity index (χ1) is 9.15. The highest BCUT2D eigenvalue weighted by Crippen LogP contribution is 2.22. The van der Waals surface area contributed by atoms with Gasteiger partial charge in [-0.05, 0) is 31.7 Å². The molecule has 20 heavy (non-hydrogen) atoms. The number of sulfone groups is 1. The highest BCUT2D eigenvalue weighted by molar-refractivity contribution is 7.90. The molecule has 0 unspecified atom stereocenters. The maximum absolute atomic E-state index is 11.6. The average Bonchev–Trinajstić information content (AvgIpc) is 2.33. The summed E-state index contributed by atoms with van der Waals surface area (Å²) in [6.07, 6.45) is 1.65. The molecule has 1 aromatic carbocycles. The van der Waals surface area contributed by atoms with Gasteiger partial charge in [-0.25, -0.2) is 21.6 Å². The van der Waals surface area contributed by atoms with Crippen LogP contribution in [-0.2, 0) is 19.9 Å². The Hall–Kier alpha value is -1.32. The minimum atomic E-state index is -3.57. The van der Waals surface area contributed by atoms with Gasteiger partial charge in [0.15, 0.2) is 0 Å². The molecule has 0 amide bonds. The maximum Gasteiger partial charge on any atom is 0.242 e. The van der Waals surface area contributed by atoms with Crippen LogP contribution in [0.25, 0.3) is 0 Å². The second kappa shape index (κ2) is 6.42. The highest BCUT2D eigenvalue weighted by Gasteiger charge is 2.15. The number of hydrogen-bond acceptors (Lipinski definition) is 6. The molecular weight excluding hydrogens is 302 g/mol. The maximum atomic E-state index is 11.6. The van der Waals surface area contributed by atoms with Gasteiger partial charge in [-0.1, -0.05) is 0 Å². The van der Waals surface area contributed by atoms with Crippen molar-refractivity contribution < 1.29 is 16.8 Å². The Balaban J connectivity index is 2.69. The van der Waals surface area contributed by atoms with Crippen LogP contribution in [0.15, 0.2) is 23.1 Å². The van der Waals surface area contributed by atoms with Crippen molar-refractivity contribution >= 4 is 31.2 Å². The second-order valence-electron chi connectivity index (χ2n) is 4.37. The molecule has 0 saturated carbocycles. The molecule has 0 aliphatic carbocycles. The lowest BCUT2D eigenvalue weighted by Crippen LogP contribution is -2.20. The number of nitrogen functional groups attached to an aromatic ring is 1. The number of benzene rings is 1. The minimum Gasteiger partial charge on any atom is -0.398 e. The van der Waals surface area contributed by atoms with Crippen LogP contribution in [0, 0.1) is 0 Å². The summed E-state index contributed by atoms with van der Waals surface area (Å²) in [6.45, 7) is 0.463. The van der Waals surface area contributed by atoms with Crippen LogP contribution in [-0.4, -0.2) is 42.4 Å². The lowest BCUT2D eigenvalue weighted by atomic mass is 10.3. The molecule has 0 aliphatic rings. The Morgan fingerprint density at radius 1 is 1.20 bits per heavy atom. The quantitative estimate of drug-likeness (QED) is 0.481. The van der Waals surface area contributed by atoms with Gasteiger partial charge in [0.1, 0.15) is 14.7 Å². The van der Waals surface area contributed by atoms with E-state index in [9.17, 15) is 16.8 Å². The molecular formula is C11H19N3O4S2. The molecule has 7 nitrogen and oxygen atoms in total. The summed E-state index contributed by atoms with van der Waals surface area (Å²) < 4.78 is 47.4. The Morgan fingerprint density at radius 3 is 2.35 bits per heavy atom. The van der Waals surface area contributed by atoms with Crippen molar-refractivity contribution in [1.29, 1.82) is 0 Å². The predicted molar refractivity (Wildman–Crippen MR) is 79.9 cm³/mol. The number of sulfonamides is 1. The predicted octanol–water partition coefficient (Wildman–Crippen LogP) is 0.0235. The van der Waals surface area contributed by atoms with Crippen molar-refractivity contribution in [3.05, 3.63) is 18.2 Å². The Bertz CT molecular complexity index is 669. The van der Waals surface area contributed by atoms with E-state index in [1.165, 1.54) is 25.4 Å². The largest absolute Gasteiger partial charge is 0.398 e. The molecule has 114 valence electrons. The number of nitrogens with two attached hydrogens (primary N) is 1. The summed E-state index contributed by atoms with van der Waals surface area (Å²) in [6, 6.07) is 4.49. The first-order valence-electron chi connectivity index (χ1n) is 5.90. The Morgan fingerprint density at radius 2 is 1.85 bits per heavy atom. The molecule has 0 aliphatic heterocycles. The number of anilines is 2. The number of hydrogen-bond donors (Lipinski definition) is 3. The summed E-state index contributed by atoms with van der Waals surface area (Å²) >= 11 is 0. The van der Waals surface area contributed by atoms with E-state index in [-0.39, 0.29) is 16.3 Å². The number of rotatable bonds is 7. The normalized spacial score (nSPS) is 12.3. The van der Waals surface area contributed by atoms with Crippen LogP contribution in [0.5, 0.6) is 0 Å². The Labute approximate surface area is 119 Å². The summed E-state index contributed by atoms with van der Waals surface area (Å²) in [5.74, 6) is 0.0989. The van der Waals surface area contributed by atoms with Gasteiger partial charge >= 0.3 is 0 Å². The second-order valence-corrected chi connectivity index (χ2v) is 8.49. The monoisotopic (exact) mass is 321 g/mol. The van der Waals surface area contributed by atoms with E-state index in [1.54, 1.807) is 6.07 Å². The van der Waals surface area contributed by atoms with Gasteiger partial charge in [-0.15, -0.1) is 0 Å². The van der Waals surface area contributed by atoms with Gasteiger partial charge in [0.2, 0.25) is 10.0 Å². The molecule has 1 rings (SSSR count). The van der Waals surface area contributed by atoms with Crippen molar-refractivity contribution in [2.24, 2.45) is 0 Å². The molecule has 9 heteroatoms. The van der Waals surface area contributed by atoms with E-state index < -0.39 is 19.9 Å². The van der Waals surface area contributed by atoms with Gasteiger partial charge in [0.05, 0.1) is 11.4 Å². The fourth-order valence-corrected chi connectivity index (χ4v) is 3.09. The smallest absolute Gasteiger partial charge is 0.242 e. The minimum absolute atomic E-state index is 0.0154. The van der Waals surface area contributed by atoms with E-state index in [0.29, 0.717) is 18.7 Å². The van der Waals surface area contributed by atoms with Crippen LogP contribution >= 0.6 is 0 Å². The van der Waals surface area contributed by atoms with Crippen LogP contribution in [0.3, 0.4) is 0 Å². The fourth-order valence-electron chi connectivity index (χ4n) is 1.58. The summed E-state index contributed by atoms with van der Waals surface area (Å²) in [4.78, 5) is 0.0154. The Kier molecular flexibility index (Phi) is 5.37. The molecule has 0 fully saturated rings. The van der Waals surface area contributed by atoms with Crippen molar-refractivity contribution in [2.75, 3.05) is 36.7 Å². The molecule has 0 saturated heterocycles. The first-order valence-corrected chi connectivity index (χ1v) is 9.45. The zero-order valence-electron chi connectivity index (χ0n) is 11.4. The molecule has 0 bridgehead atoms. The molecule has 0 radical (unpaired) electrons. The topological polar surface area (TPSA) is 118 Å². The molecule has 1 aromatic rings. The molecule has 0 heterocycles. The third kappa shape index (κ3) is 4.99. The van der Waals surface area contributed by atoms with Crippen molar-refractivity contribution in [3.8, 4) is 0 Å². The standard InChI is InChI=1S/C11H19N3O4S2/c1-13-20(17,18)11-5-4-9(8-10(11)12)14-6-3-7-19(2,15)16/h4-5,8,13-14H,3,6-7,12H2,1-2H3. The lowest BCUT2D eigenvalue weighted by molar-refractivity contribution is 0.588.